The zero-order valence-electron chi connectivity index (χ0n) is 14.3. The van der Waals surface area contributed by atoms with Gasteiger partial charge < -0.3 is 0 Å². The highest BCUT2D eigenvalue weighted by Crippen LogP contribution is 2.35. The summed E-state index contributed by atoms with van der Waals surface area (Å²) in [6.07, 6.45) is 0. The molecule has 0 aliphatic rings. The summed E-state index contributed by atoms with van der Waals surface area (Å²) >= 11 is 0. The number of hydrogen-bond donors (Lipinski definition) is 0. The standard InChI is InChI=1S/C22H17NO2S/c1-16-12-14-19(15-13-16)26(24,25)23-22-20(17-8-4-2-5-9-17)21(22)18-10-6-3-7-11-18/h2-15H,1H3. The van der Waals surface area contributed by atoms with Gasteiger partial charge in [0.05, 0.1) is 10.3 Å². The van der Waals surface area contributed by atoms with Crippen molar-refractivity contribution in [2.45, 2.75) is 11.8 Å². The van der Waals surface area contributed by atoms with E-state index in [9.17, 15) is 8.42 Å². The lowest BCUT2D eigenvalue weighted by Crippen LogP contribution is -2.01. The third-order valence-corrected chi connectivity index (χ3v) is 5.61. The van der Waals surface area contributed by atoms with Gasteiger partial charge in [-0.15, -0.1) is 0 Å². The molecule has 3 nitrogen and oxygen atoms in total. The number of rotatable bonds is 4. The van der Waals surface area contributed by atoms with E-state index < -0.39 is 10.0 Å². The first-order chi connectivity index (χ1) is 12.6. The number of nitrogens with zero attached hydrogens (tertiary/aromatic N) is 1. The van der Waals surface area contributed by atoms with Crippen LogP contribution in [0.1, 0.15) is 5.56 Å². The minimum absolute atomic E-state index is 0.210. The van der Waals surface area contributed by atoms with Crippen LogP contribution in [0.25, 0.3) is 22.3 Å². The Hall–Kier alpha value is -2.98. The Morgan fingerprint density at radius 1 is 0.654 bits per heavy atom. The van der Waals surface area contributed by atoms with Gasteiger partial charge in [0.15, 0.2) is 0 Å². The third kappa shape index (κ3) is 3.11. The number of sulfonamides is 1. The molecule has 0 saturated heterocycles. The van der Waals surface area contributed by atoms with Gasteiger partial charge in [-0.25, -0.2) is 0 Å². The van der Waals surface area contributed by atoms with Crippen LogP contribution in [0.2, 0.25) is 0 Å². The molecule has 0 N–H and O–H groups in total. The summed E-state index contributed by atoms with van der Waals surface area (Å²) in [7, 11) is -3.75. The quantitative estimate of drug-likeness (QED) is 0.539. The molecule has 0 radical (unpaired) electrons. The predicted molar refractivity (Wildman–Crippen MR) is 104 cm³/mol. The van der Waals surface area contributed by atoms with Crippen LogP contribution in [0.4, 0.5) is 0 Å². The molecule has 4 aromatic rings. The maximum absolute atomic E-state index is 12.7. The van der Waals surface area contributed by atoms with E-state index in [0.29, 0.717) is 5.36 Å². The fourth-order valence-electron chi connectivity index (χ4n) is 2.92. The van der Waals surface area contributed by atoms with Crippen LogP contribution in [-0.4, -0.2) is 8.42 Å². The van der Waals surface area contributed by atoms with Crippen LogP contribution in [0.15, 0.2) is 94.2 Å². The molecule has 0 unspecified atom stereocenters. The molecule has 0 aliphatic heterocycles. The highest BCUT2D eigenvalue weighted by molar-refractivity contribution is 7.90. The Morgan fingerprint density at radius 2 is 1.12 bits per heavy atom. The molecule has 0 fully saturated rings. The van der Waals surface area contributed by atoms with Crippen molar-refractivity contribution >= 4 is 10.0 Å². The highest BCUT2D eigenvalue weighted by atomic mass is 32.2. The maximum Gasteiger partial charge on any atom is 0.282 e. The zero-order valence-corrected chi connectivity index (χ0v) is 15.1. The van der Waals surface area contributed by atoms with E-state index in [1.54, 1.807) is 24.3 Å². The van der Waals surface area contributed by atoms with Crippen molar-refractivity contribution in [3.8, 4) is 22.3 Å². The lowest BCUT2D eigenvalue weighted by atomic mass is 10.1. The van der Waals surface area contributed by atoms with E-state index in [2.05, 4.69) is 4.40 Å². The Labute approximate surface area is 153 Å². The number of benzene rings is 3. The van der Waals surface area contributed by atoms with Crippen LogP contribution in [0.5, 0.6) is 0 Å². The summed E-state index contributed by atoms with van der Waals surface area (Å²) in [5.74, 6) is 0. The summed E-state index contributed by atoms with van der Waals surface area (Å²) < 4.78 is 29.6. The van der Waals surface area contributed by atoms with Gasteiger partial charge in [-0.05, 0) is 30.2 Å². The fourth-order valence-corrected chi connectivity index (χ4v) is 3.93. The van der Waals surface area contributed by atoms with Crippen molar-refractivity contribution in [1.82, 2.24) is 0 Å². The average Bonchev–Trinajstić information content (AvgIpc) is 3.36. The summed E-state index contributed by atoms with van der Waals surface area (Å²) in [5, 5.41) is 0.544. The first-order valence-corrected chi connectivity index (χ1v) is 9.78. The van der Waals surface area contributed by atoms with E-state index in [-0.39, 0.29) is 4.90 Å². The van der Waals surface area contributed by atoms with Crippen molar-refractivity contribution in [2.75, 3.05) is 0 Å². The second-order valence-corrected chi connectivity index (χ2v) is 7.81. The smallest absolute Gasteiger partial charge is 0.199 e. The van der Waals surface area contributed by atoms with E-state index >= 15 is 0 Å². The van der Waals surface area contributed by atoms with Gasteiger partial charge in [0.25, 0.3) is 10.0 Å². The maximum atomic E-state index is 12.7. The van der Waals surface area contributed by atoms with Gasteiger partial charge in [0.1, 0.15) is 0 Å². The molecule has 0 aromatic heterocycles. The molecule has 0 aliphatic carbocycles. The minimum Gasteiger partial charge on any atom is -0.199 e. The third-order valence-electron chi connectivity index (χ3n) is 4.32. The van der Waals surface area contributed by atoms with Crippen molar-refractivity contribution in [3.63, 3.8) is 0 Å². The SMILES string of the molecule is Cc1ccc(S(=O)(=O)N=c2c(-c3ccccc3)c2-c2ccccc2)cc1. The molecular formula is C22H17NO2S. The molecule has 4 heteroatoms. The molecule has 0 heterocycles. The van der Waals surface area contributed by atoms with E-state index in [4.69, 9.17) is 0 Å². The first-order valence-electron chi connectivity index (χ1n) is 8.34. The van der Waals surface area contributed by atoms with Crippen LogP contribution in [0, 0.1) is 6.92 Å². The lowest BCUT2D eigenvalue weighted by molar-refractivity contribution is 0.597. The molecule has 0 saturated carbocycles. The molecule has 0 spiro atoms. The number of hydrogen-bond acceptors (Lipinski definition) is 2. The Balaban J connectivity index is 1.86. The van der Waals surface area contributed by atoms with Crippen LogP contribution < -0.4 is 5.36 Å². The fraction of sp³-hybridized carbons (Fsp3) is 0.0455. The predicted octanol–water partition coefficient (Wildman–Crippen LogP) is 4.49. The van der Waals surface area contributed by atoms with E-state index in [1.807, 2.05) is 67.6 Å². The van der Waals surface area contributed by atoms with Gasteiger partial charge in [0.2, 0.25) is 0 Å². The lowest BCUT2D eigenvalue weighted by Gasteiger charge is -1.97. The van der Waals surface area contributed by atoms with Crippen molar-refractivity contribution in [2.24, 2.45) is 4.40 Å². The van der Waals surface area contributed by atoms with Gasteiger partial charge in [-0.3, -0.25) is 0 Å². The van der Waals surface area contributed by atoms with Crippen molar-refractivity contribution in [3.05, 3.63) is 95.8 Å². The van der Waals surface area contributed by atoms with Gasteiger partial charge >= 0.3 is 0 Å². The Kier molecular flexibility index (Phi) is 4.05. The summed E-state index contributed by atoms with van der Waals surface area (Å²) in [4.78, 5) is 0.210. The summed E-state index contributed by atoms with van der Waals surface area (Å²) in [5.41, 5.74) is 4.75. The Bertz CT molecular complexity index is 1110. The van der Waals surface area contributed by atoms with Gasteiger partial charge in [0, 0.05) is 11.1 Å². The summed E-state index contributed by atoms with van der Waals surface area (Å²) in [6.45, 7) is 1.92. The normalized spacial score (nSPS) is 11.6. The molecule has 4 aromatic carbocycles. The molecule has 128 valence electrons. The van der Waals surface area contributed by atoms with Crippen molar-refractivity contribution in [1.29, 1.82) is 0 Å². The topological polar surface area (TPSA) is 46.5 Å². The Morgan fingerprint density at radius 3 is 1.58 bits per heavy atom. The van der Waals surface area contributed by atoms with Gasteiger partial charge in [-0.2, -0.15) is 12.8 Å². The molecular weight excluding hydrogens is 342 g/mol. The number of aryl methyl sites for hydroxylation is 1. The minimum atomic E-state index is -3.75. The second-order valence-electron chi connectivity index (χ2n) is 6.21. The monoisotopic (exact) mass is 359 g/mol. The zero-order chi connectivity index (χ0) is 18.1. The van der Waals surface area contributed by atoms with Crippen LogP contribution >= 0.6 is 0 Å². The van der Waals surface area contributed by atoms with Crippen LogP contribution in [-0.2, 0) is 10.0 Å². The molecule has 4 rings (SSSR count). The van der Waals surface area contributed by atoms with E-state index in [1.165, 1.54) is 0 Å². The van der Waals surface area contributed by atoms with Crippen LogP contribution in [0.3, 0.4) is 0 Å². The largest absolute Gasteiger partial charge is 0.282 e. The molecule has 0 atom stereocenters. The second kappa shape index (κ2) is 6.39. The van der Waals surface area contributed by atoms with E-state index in [0.717, 1.165) is 27.8 Å². The average molecular weight is 359 g/mol. The molecule has 26 heavy (non-hydrogen) atoms. The van der Waals surface area contributed by atoms with Crippen molar-refractivity contribution < 1.29 is 8.42 Å². The first kappa shape index (κ1) is 16.5. The highest BCUT2D eigenvalue weighted by Gasteiger charge is 2.25. The summed E-state index contributed by atoms with van der Waals surface area (Å²) in [6, 6.07) is 26.3. The molecule has 0 amide bonds. The van der Waals surface area contributed by atoms with Gasteiger partial charge in [-0.1, -0.05) is 78.4 Å². The molecule has 0 bridgehead atoms.